The molecule has 10 heteroatoms. The average Bonchev–Trinajstić information content (AvgIpc) is 2.74. The number of hydrogen-bond donors (Lipinski definition) is 2. The molecule has 182 valence electrons. The standard InChI is InChI=1S/C23H33N3O7/c1-16-14-25(22(30)31)12-13-26(16)20(28)18(10-11-19(27)33-23(2,3)4)24-21(29)32-15-17-8-6-5-7-9-17/h5-9,16,18H,10-15H2,1-4H3,(H,24,29)(H,30,31)/t16?,18-/m0/s1. The first-order chi connectivity index (χ1) is 15.5. The summed E-state index contributed by atoms with van der Waals surface area (Å²) >= 11 is 0. The second-order valence-electron chi connectivity index (χ2n) is 8.99. The predicted molar refractivity (Wildman–Crippen MR) is 119 cm³/mol. The van der Waals surface area contributed by atoms with E-state index in [4.69, 9.17) is 9.47 Å². The molecule has 33 heavy (non-hydrogen) atoms. The van der Waals surface area contributed by atoms with Gasteiger partial charge in [0.25, 0.3) is 0 Å². The lowest BCUT2D eigenvalue weighted by Crippen LogP contribution is -2.59. The summed E-state index contributed by atoms with van der Waals surface area (Å²) in [6, 6.07) is 7.71. The molecule has 2 atom stereocenters. The van der Waals surface area contributed by atoms with Crippen molar-refractivity contribution < 1.29 is 33.8 Å². The van der Waals surface area contributed by atoms with Crippen molar-refractivity contribution in [1.82, 2.24) is 15.1 Å². The number of piperazine rings is 1. The van der Waals surface area contributed by atoms with Crippen molar-refractivity contribution >= 4 is 24.1 Å². The molecule has 2 rings (SSSR count). The first kappa shape index (κ1) is 26.0. The van der Waals surface area contributed by atoms with Gasteiger partial charge in [-0.25, -0.2) is 9.59 Å². The van der Waals surface area contributed by atoms with Crippen LogP contribution in [0.25, 0.3) is 0 Å². The van der Waals surface area contributed by atoms with Gasteiger partial charge in [-0.2, -0.15) is 0 Å². The number of nitrogens with zero attached hydrogens (tertiary/aromatic N) is 2. The SMILES string of the molecule is CC1CN(C(=O)O)CCN1C(=O)[C@H](CCC(=O)OC(C)(C)C)NC(=O)OCc1ccccc1. The van der Waals surface area contributed by atoms with Crippen LogP contribution in [0.2, 0.25) is 0 Å². The monoisotopic (exact) mass is 463 g/mol. The average molecular weight is 464 g/mol. The number of esters is 1. The van der Waals surface area contributed by atoms with Crippen LogP contribution in [0, 0.1) is 0 Å². The lowest BCUT2D eigenvalue weighted by molar-refractivity contribution is -0.155. The molecule has 3 amide bonds. The van der Waals surface area contributed by atoms with E-state index in [1.165, 1.54) is 9.80 Å². The van der Waals surface area contributed by atoms with Crippen LogP contribution < -0.4 is 5.32 Å². The number of carboxylic acid groups (broad SMARTS) is 1. The number of amides is 3. The number of hydrogen-bond acceptors (Lipinski definition) is 6. The zero-order valence-corrected chi connectivity index (χ0v) is 19.6. The highest BCUT2D eigenvalue weighted by atomic mass is 16.6. The third kappa shape index (κ3) is 8.63. The first-order valence-corrected chi connectivity index (χ1v) is 10.9. The number of carbonyl (C=O) groups excluding carboxylic acids is 3. The number of nitrogens with one attached hydrogen (secondary N) is 1. The van der Waals surface area contributed by atoms with Crippen molar-refractivity contribution in [2.45, 2.75) is 64.8 Å². The fraction of sp³-hybridized carbons (Fsp3) is 0.565. The second kappa shape index (κ2) is 11.5. The van der Waals surface area contributed by atoms with Crippen molar-refractivity contribution in [3.05, 3.63) is 35.9 Å². The van der Waals surface area contributed by atoms with Crippen LogP contribution in [0.3, 0.4) is 0 Å². The summed E-state index contributed by atoms with van der Waals surface area (Å²) in [5.74, 6) is -0.878. The van der Waals surface area contributed by atoms with E-state index in [2.05, 4.69) is 5.32 Å². The maximum Gasteiger partial charge on any atom is 0.408 e. The molecule has 0 saturated carbocycles. The van der Waals surface area contributed by atoms with Crippen molar-refractivity contribution in [1.29, 1.82) is 0 Å². The molecule has 1 aliphatic rings. The molecule has 0 spiro atoms. The fourth-order valence-electron chi connectivity index (χ4n) is 3.48. The molecule has 0 aromatic heterocycles. The largest absolute Gasteiger partial charge is 0.465 e. The van der Waals surface area contributed by atoms with Gasteiger partial charge in [-0.1, -0.05) is 30.3 Å². The third-order valence-electron chi connectivity index (χ3n) is 5.04. The van der Waals surface area contributed by atoms with Gasteiger partial charge in [0.15, 0.2) is 0 Å². The molecule has 0 bridgehead atoms. The van der Waals surface area contributed by atoms with E-state index in [0.717, 1.165) is 5.56 Å². The van der Waals surface area contributed by atoms with E-state index in [1.54, 1.807) is 27.7 Å². The Morgan fingerprint density at radius 1 is 1.15 bits per heavy atom. The summed E-state index contributed by atoms with van der Waals surface area (Å²) in [6.07, 6.45) is -1.87. The molecule has 1 saturated heterocycles. The molecule has 2 N–H and O–H groups in total. The second-order valence-corrected chi connectivity index (χ2v) is 8.99. The van der Waals surface area contributed by atoms with Gasteiger partial charge >= 0.3 is 18.2 Å². The Morgan fingerprint density at radius 2 is 1.82 bits per heavy atom. The number of rotatable bonds is 7. The van der Waals surface area contributed by atoms with Crippen LogP contribution in [0.1, 0.15) is 46.1 Å². The maximum atomic E-state index is 13.2. The molecule has 1 fully saturated rings. The summed E-state index contributed by atoms with van der Waals surface area (Å²) in [4.78, 5) is 51.8. The van der Waals surface area contributed by atoms with Gasteiger partial charge in [-0.05, 0) is 39.7 Å². The molecule has 1 aromatic rings. The lowest BCUT2D eigenvalue weighted by atomic mass is 10.1. The highest BCUT2D eigenvalue weighted by molar-refractivity contribution is 5.86. The minimum absolute atomic E-state index is 0.0278. The minimum atomic E-state index is -1.04. The fourth-order valence-corrected chi connectivity index (χ4v) is 3.48. The summed E-state index contributed by atoms with van der Waals surface area (Å²) in [5.41, 5.74) is 0.128. The predicted octanol–water partition coefficient (Wildman–Crippen LogP) is 2.61. The third-order valence-corrected chi connectivity index (χ3v) is 5.04. The normalized spacial score (nSPS) is 17.2. The van der Waals surface area contributed by atoms with Gasteiger partial charge in [-0.3, -0.25) is 9.59 Å². The van der Waals surface area contributed by atoms with E-state index in [0.29, 0.717) is 0 Å². The maximum absolute atomic E-state index is 13.2. The van der Waals surface area contributed by atoms with Crippen molar-refractivity contribution in [3.8, 4) is 0 Å². The Balaban J connectivity index is 2.04. The molecule has 0 aliphatic carbocycles. The van der Waals surface area contributed by atoms with Crippen molar-refractivity contribution in [3.63, 3.8) is 0 Å². The van der Waals surface area contributed by atoms with Crippen molar-refractivity contribution in [2.24, 2.45) is 0 Å². The first-order valence-electron chi connectivity index (χ1n) is 10.9. The van der Waals surface area contributed by atoms with E-state index < -0.39 is 35.7 Å². The molecule has 1 aromatic carbocycles. The number of ether oxygens (including phenoxy) is 2. The Kier molecular flexibility index (Phi) is 9.07. The molecule has 10 nitrogen and oxygen atoms in total. The van der Waals surface area contributed by atoms with Crippen LogP contribution in [0.15, 0.2) is 30.3 Å². The zero-order chi connectivity index (χ0) is 24.6. The molecule has 1 heterocycles. The molecule has 0 radical (unpaired) electrons. The van der Waals surface area contributed by atoms with E-state index in [9.17, 15) is 24.3 Å². The quantitative estimate of drug-likeness (QED) is 0.595. The Bertz CT molecular complexity index is 838. The van der Waals surface area contributed by atoms with Crippen molar-refractivity contribution in [2.75, 3.05) is 19.6 Å². The minimum Gasteiger partial charge on any atom is -0.465 e. The molecule has 1 unspecified atom stereocenters. The molecule has 1 aliphatic heterocycles. The molecular weight excluding hydrogens is 430 g/mol. The van der Waals surface area contributed by atoms with Crippen LogP contribution in [-0.2, 0) is 25.7 Å². The summed E-state index contributed by atoms with van der Waals surface area (Å²) in [5, 5.41) is 11.8. The highest BCUT2D eigenvalue weighted by Crippen LogP contribution is 2.15. The van der Waals surface area contributed by atoms with Crippen LogP contribution in [0.4, 0.5) is 9.59 Å². The topological polar surface area (TPSA) is 125 Å². The highest BCUT2D eigenvalue weighted by Gasteiger charge is 2.34. The Hall–Kier alpha value is -3.30. The van der Waals surface area contributed by atoms with E-state index in [1.807, 2.05) is 30.3 Å². The van der Waals surface area contributed by atoms with Gasteiger partial charge in [0.2, 0.25) is 5.91 Å². The van der Waals surface area contributed by atoms with Gasteiger partial charge in [-0.15, -0.1) is 0 Å². The summed E-state index contributed by atoms with van der Waals surface area (Å²) in [6.45, 7) is 7.54. The van der Waals surface area contributed by atoms with Crippen LogP contribution in [-0.4, -0.2) is 76.3 Å². The van der Waals surface area contributed by atoms with Gasteiger partial charge in [0, 0.05) is 32.1 Å². The zero-order valence-electron chi connectivity index (χ0n) is 19.6. The van der Waals surface area contributed by atoms with Gasteiger partial charge in [0.05, 0.1) is 0 Å². The number of benzene rings is 1. The number of carbonyl (C=O) groups is 4. The summed E-state index contributed by atoms with van der Waals surface area (Å²) < 4.78 is 10.5. The Morgan fingerprint density at radius 3 is 2.39 bits per heavy atom. The van der Waals surface area contributed by atoms with E-state index in [-0.39, 0.29) is 45.1 Å². The van der Waals surface area contributed by atoms with Crippen LogP contribution in [0.5, 0.6) is 0 Å². The van der Waals surface area contributed by atoms with Gasteiger partial charge < -0.3 is 29.7 Å². The van der Waals surface area contributed by atoms with E-state index >= 15 is 0 Å². The lowest BCUT2D eigenvalue weighted by Gasteiger charge is -2.40. The molecular formula is C23H33N3O7. The Labute approximate surface area is 193 Å². The van der Waals surface area contributed by atoms with Crippen LogP contribution >= 0.6 is 0 Å². The smallest absolute Gasteiger partial charge is 0.408 e. The van der Waals surface area contributed by atoms with Gasteiger partial charge in [0.1, 0.15) is 18.2 Å². The number of alkyl carbamates (subject to hydrolysis) is 1. The summed E-state index contributed by atoms with van der Waals surface area (Å²) in [7, 11) is 0.